The van der Waals surface area contributed by atoms with Gasteiger partial charge in [-0.1, -0.05) is 12.1 Å². The summed E-state index contributed by atoms with van der Waals surface area (Å²) >= 11 is 0. The number of aryl methyl sites for hydroxylation is 2. The number of aromatic nitrogens is 5. The van der Waals surface area contributed by atoms with Gasteiger partial charge in [-0.3, -0.25) is 14.8 Å². The molecule has 13 heteroatoms. The van der Waals surface area contributed by atoms with E-state index in [4.69, 9.17) is 4.74 Å². The van der Waals surface area contributed by atoms with Crippen molar-refractivity contribution in [2.45, 2.75) is 19.0 Å². The topological polar surface area (TPSA) is 155 Å². The van der Waals surface area contributed by atoms with Crippen LogP contribution in [0.5, 0.6) is 5.88 Å². The molecule has 0 fully saturated rings. The van der Waals surface area contributed by atoms with Crippen molar-refractivity contribution in [3.63, 3.8) is 0 Å². The van der Waals surface area contributed by atoms with Crippen molar-refractivity contribution in [3.8, 4) is 11.8 Å². The van der Waals surface area contributed by atoms with E-state index in [1.165, 1.54) is 19.2 Å². The Kier molecular flexibility index (Phi) is 4.92. The summed E-state index contributed by atoms with van der Waals surface area (Å²) in [6, 6.07) is 5.80. The Morgan fingerprint density at radius 3 is 2.68 bits per heavy atom. The van der Waals surface area contributed by atoms with Gasteiger partial charge in [-0.25, -0.2) is 9.97 Å². The number of nitro benzene ring substituents is 1. The van der Waals surface area contributed by atoms with Crippen LogP contribution >= 0.6 is 0 Å². The first-order valence-corrected chi connectivity index (χ1v) is 9.28. The summed E-state index contributed by atoms with van der Waals surface area (Å²) in [5, 5.41) is 14.5. The van der Waals surface area contributed by atoms with Crippen molar-refractivity contribution in [1.29, 1.82) is 0 Å². The molecule has 146 valence electrons. The molecule has 1 aromatic carbocycles. The van der Waals surface area contributed by atoms with Crippen molar-refractivity contribution >= 4 is 21.4 Å². The lowest BCUT2D eigenvalue weighted by molar-refractivity contribution is -0.383. The number of nitrogens with zero attached hydrogens (tertiary/aromatic N) is 6. The van der Waals surface area contributed by atoms with E-state index in [0.717, 1.165) is 11.0 Å². The predicted octanol–water partition coefficient (Wildman–Crippen LogP) is 1.39. The summed E-state index contributed by atoms with van der Waals surface area (Å²) in [5.41, 5.74) is 0.423. The number of nitro groups is 1. The molecule has 0 aliphatic rings. The first-order valence-electron chi connectivity index (χ1n) is 7.80. The molecular formula is C15H15N7O5S. The van der Waals surface area contributed by atoms with E-state index in [0.29, 0.717) is 11.3 Å². The van der Waals surface area contributed by atoms with Crippen molar-refractivity contribution in [2.75, 3.05) is 11.8 Å². The summed E-state index contributed by atoms with van der Waals surface area (Å²) in [5.74, 6) is 0.337. The van der Waals surface area contributed by atoms with E-state index in [2.05, 4.69) is 24.8 Å². The highest BCUT2D eigenvalue weighted by Gasteiger charge is 2.26. The molecule has 0 bridgehead atoms. The number of para-hydroxylation sites is 1. The van der Waals surface area contributed by atoms with Crippen LogP contribution in [0.25, 0.3) is 5.95 Å². The zero-order valence-corrected chi connectivity index (χ0v) is 15.8. The van der Waals surface area contributed by atoms with Gasteiger partial charge in [-0.05, 0) is 19.4 Å². The van der Waals surface area contributed by atoms with Crippen LogP contribution in [-0.2, 0) is 10.0 Å². The molecule has 2 aromatic heterocycles. The first-order chi connectivity index (χ1) is 13.2. The van der Waals surface area contributed by atoms with Gasteiger partial charge in [0.25, 0.3) is 26.8 Å². The number of sulfonamides is 1. The van der Waals surface area contributed by atoms with Crippen LogP contribution in [0.3, 0.4) is 0 Å². The van der Waals surface area contributed by atoms with E-state index in [1.807, 2.05) is 0 Å². The summed E-state index contributed by atoms with van der Waals surface area (Å²) in [6.07, 6.45) is 1.12. The number of rotatable bonds is 6. The van der Waals surface area contributed by atoms with Gasteiger partial charge in [0.05, 0.1) is 12.0 Å². The van der Waals surface area contributed by atoms with E-state index in [-0.39, 0.29) is 23.2 Å². The Morgan fingerprint density at radius 2 is 2.00 bits per heavy atom. The van der Waals surface area contributed by atoms with E-state index < -0.39 is 20.1 Å². The SMILES string of the molecule is COc1cc(C)nc(-n2cnc(S(=O)(=O)Nc3c(C)cccc3[N+](=O)[O-])n2)n1. The zero-order chi connectivity index (χ0) is 20.5. The second-order valence-corrected chi connectivity index (χ2v) is 7.23. The molecule has 2 heterocycles. The first kappa shape index (κ1) is 19.2. The minimum absolute atomic E-state index is 0.0627. The fraction of sp³-hybridized carbons (Fsp3) is 0.200. The molecule has 0 atom stereocenters. The fourth-order valence-corrected chi connectivity index (χ4v) is 3.32. The predicted molar refractivity (Wildman–Crippen MR) is 96.9 cm³/mol. The zero-order valence-electron chi connectivity index (χ0n) is 15.0. The van der Waals surface area contributed by atoms with Crippen molar-refractivity contribution < 1.29 is 18.1 Å². The second kappa shape index (κ2) is 7.19. The van der Waals surface area contributed by atoms with Crippen LogP contribution in [0.1, 0.15) is 11.3 Å². The van der Waals surface area contributed by atoms with Crippen LogP contribution < -0.4 is 9.46 Å². The highest BCUT2D eigenvalue weighted by molar-refractivity contribution is 7.92. The number of nitrogens with one attached hydrogen (secondary N) is 1. The van der Waals surface area contributed by atoms with Gasteiger partial charge >= 0.3 is 0 Å². The Morgan fingerprint density at radius 1 is 1.25 bits per heavy atom. The molecule has 0 unspecified atom stereocenters. The van der Waals surface area contributed by atoms with Gasteiger partial charge in [0.2, 0.25) is 5.88 Å². The molecule has 3 rings (SSSR count). The fourth-order valence-electron chi connectivity index (χ4n) is 2.32. The summed E-state index contributed by atoms with van der Waals surface area (Å²) < 4.78 is 33.5. The monoisotopic (exact) mass is 405 g/mol. The summed E-state index contributed by atoms with van der Waals surface area (Å²) in [6.45, 7) is 3.25. The van der Waals surface area contributed by atoms with Gasteiger partial charge in [0.15, 0.2) is 0 Å². The Labute approximate surface area is 159 Å². The van der Waals surface area contributed by atoms with E-state index in [1.54, 1.807) is 26.0 Å². The molecule has 0 saturated carbocycles. The summed E-state index contributed by atoms with van der Waals surface area (Å²) in [7, 11) is -2.86. The molecule has 0 amide bonds. The molecule has 0 aliphatic heterocycles. The molecule has 0 saturated heterocycles. The largest absolute Gasteiger partial charge is 0.481 e. The number of methoxy groups -OCH3 is 1. The maximum absolute atomic E-state index is 12.6. The molecule has 28 heavy (non-hydrogen) atoms. The number of benzene rings is 1. The average Bonchev–Trinajstić information content (AvgIpc) is 3.13. The highest BCUT2D eigenvalue weighted by atomic mass is 32.2. The maximum atomic E-state index is 12.6. The third kappa shape index (κ3) is 3.73. The molecule has 3 aromatic rings. The number of ether oxygens (including phenoxy) is 1. The molecule has 0 spiro atoms. The Hall–Kier alpha value is -3.61. The maximum Gasteiger partial charge on any atom is 0.299 e. The minimum Gasteiger partial charge on any atom is -0.481 e. The smallest absolute Gasteiger partial charge is 0.299 e. The number of hydrogen-bond donors (Lipinski definition) is 1. The van der Waals surface area contributed by atoms with E-state index in [9.17, 15) is 18.5 Å². The lowest BCUT2D eigenvalue weighted by atomic mass is 10.2. The minimum atomic E-state index is -4.29. The van der Waals surface area contributed by atoms with Crippen LogP contribution in [0.15, 0.2) is 35.7 Å². The Bertz CT molecular complexity index is 1160. The normalized spacial score (nSPS) is 11.2. The van der Waals surface area contributed by atoms with Gasteiger partial charge in [-0.2, -0.15) is 18.1 Å². The quantitative estimate of drug-likeness (QED) is 0.473. The molecule has 1 N–H and O–H groups in total. The number of hydrogen-bond acceptors (Lipinski definition) is 9. The second-order valence-electron chi connectivity index (χ2n) is 5.66. The van der Waals surface area contributed by atoms with E-state index >= 15 is 0 Å². The van der Waals surface area contributed by atoms with Crippen molar-refractivity contribution in [3.05, 3.63) is 52.0 Å². The summed E-state index contributed by atoms with van der Waals surface area (Å²) in [4.78, 5) is 22.5. The third-order valence-electron chi connectivity index (χ3n) is 3.63. The van der Waals surface area contributed by atoms with Crippen LogP contribution in [-0.4, -0.2) is 45.2 Å². The lowest BCUT2D eigenvalue weighted by Gasteiger charge is -2.08. The third-order valence-corrected chi connectivity index (χ3v) is 4.77. The van der Waals surface area contributed by atoms with Crippen LogP contribution in [0, 0.1) is 24.0 Å². The standard InChI is InChI=1S/C15H15N7O5S/c1-9-5-4-6-11(22(23)24)13(9)20-28(25,26)15-16-8-21(19-15)14-17-10(2)7-12(18-14)27-3/h4-8,20H,1-3H3. The molecule has 12 nitrogen and oxygen atoms in total. The lowest BCUT2D eigenvalue weighted by Crippen LogP contribution is -2.17. The molecule has 0 radical (unpaired) electrons. The van der Waals surface area contributed by atoms with Crippen LogP contribution in [0.4, 0.5) is 11.4 Å². The van der Waals surface area contributed by atoms with Crippen molar-refractivity contribution in [2.24, 2.45) is 0 Å². The Balaban J connectivity index is 1.98. The van der Waals surface area contributed by atoms with Gasteiger partial charge < -0.3 is 4.74 Å². The van der Waals surface area contributed by atoms with Gasteiger partial charge in [0, 0.05) is 17.8 Å². The molecule has 0 aliphatic carbocycles. The molecular weight excluding hydrogens is 390 g/mol. The number of anilines is 1. The highest BCUT2D eigenvalue weighted by Crippen LogP contribution is 2.29. The van der Waals surface area contributed by atoms with Crippen molar-refractivity contribution in [1.82, 2.24) is 24.7 Å². The van der Waals surface area contributed by atoms with Gasteiger partial charge in [-0.15, -0.1) is 5.10 Å². The van der Waals surface area contributed by atoms with Gasteiger partial charge in [0.1, 0.15) is 12.0 Å². The van der Waals surface area contributed by atoms with Crippen LogP contribution in [0.2, 0.25) is 0 Å². The average molecular weight is 405 g/mol.